The summed E-state index contributed by atoms with van der Waals surface area (Å²) in [6.45, 7) is 10.6. The van der Waals surface area contributed by atoms with Gasteiger partial charge in [0.1, 0.15) is 6.54 Å². The highest BCUT2D eigenvalue weighted by Gasteiger charge is 2.14. The monoisotopic (exact) mass is 456 g/mol. The van der Waals surface area contributed by atoms with Gasteiger partial charge in [-0.15, -0.1) is 11.8 Å². The molecule has 1 amide bonds. The zero-order valence-electron chi connectivity index (χ0n) is 18.5. The van der Waals surface area contributed by atoms with E-state index in [0.717, 1.165) is 15.1 Å². The molecule has 0 radical (unpaired) electrons. The van der Waals surface area contributed by atoms with Gasteiger partial charge in [-0.2, -0.15) is 4.99 Å². The number of aromatic nitrogens is 1. The van der Waals surface area contributed by atoms with Gasteiger partial charge in [-0.25, -0.2) is 0 Å². The third-order valence-corrected chi connectivity index (χ3v) is 6.65. The van der Waals surface area contributed by atoms with E-state index in [2.05, 4.69) is 44.8 Å². The first-order valence-electron chi connectivity index (χ1n) is 10.4. The molecule has 7 heteroatoms. The molecule has 0 aliphatic carbocycles. The summed E-state index contributed by atoms with van der Waals surface area (Å²) in [5.41, 5.74) is 2.61. The molecule has 31 heavy (non-hydrogen) atoms. The van der Waals surface area contributed by atoms with E-state index in [0.29, 0.717) is 28.1 Å². The smallest absolute Gasteiger partial charge is 0.326 e. The minimum Gasteiger partial charge on any atom is -0.465 e. The van der Waals surface area contributed by atoms with Crippen molar-refractivity contribution in [2.45, 2.75) is 57.2 Å². The van der Waals surface area contributed by atoms with Crippen molar-refractivity contribution in [3.8, 4) is 0 Å². The number of fused-ring (bicyclic) bond motifs is 1. The Labute approximate surface area is 191 Å². The molecule has 0 aliphatic heterocycles. The third kappa shape index (κ3) is 5.86. The van der Waals surface area contributed by atoms with Crippen LogP contribution in [0.5, 0.6) is 0 Å². The van der Waals surface area contributed by atoms with Gasteiger partial charge in [-0.1, -0.05) is 51.2 Å². The summed E-state index contributed by atoms with van der Waals surface area (Å²) in [5, 5.41) is 0.423. The Morgan fingerprint density at radius 2 is 1.90 bits per heavy atom. The molecule has 0 bridgehead atoms. The maximum atomic E-state index is 13.0. The summed E-state index contributed by atoms with van der Waals surface area (Å²) < 4.78 is 7.90. The molecule has 0 aliphatic rings. The van der Waals surface area contributed by atoms with E-state index in [9.17, 15) is 9.59 Å². The maximum absolute atomic E-state index is 13.0. The fourth-order valence-electron chi connectivity index (χ4n) is 3.15. The Hall–Kier alpha value is -2.38. The zero-order valence-corrected chi connectivity index (χ0v) is 20.2. The summed E-state index contributed by atoms with van der Waals surface area (Å²) in [6, 6.07) is 13.7. The fourth-order valence-corrected chi connectivity index (χ4v) is 5.12. The van der Waals surface area contributed by atoms with Crippen molar-refractivity contribution in [2.75, 3.05) is 6.61 Å². The van der Waals surface area contributed by atoms with Gasteiger partial charge < -0.3 is 9.30 Å². The Kier molecular flexibility index (Phi) is 7.73. The molecule has 0 spiro atoms. The van der Waals surface area contributed by atoms with E-state index < -0.39 is 0 Å². The van der Waals surface area contributed by atoms with Gasteiger partial charge in [-0.3, -0.25) is 9.59 Å². The minimum absolute atomic E-state index is 0.0181. The lowest BCUT2D eigenvalue weighted by Crippen LogP contribution is -2.23. The maximum Gasteiger partial charge on any atom is 0.326 e. The predicted molar refractivity (Wildman–Crippen MR) is 128 cm³/mol. The van der Waals surface area contributed by atoms with Crippen LogP contribution in [0, 0.1) is 0 Å². The van der Waals surface area contributed by atoms with E-state index in [1.165, 1.54) is 16.9 Å². The van der Waals surface area contributed by atoms with E-state index in [-0.39, 0.29) is 18.4 Å². The number of hydrogen-bond donors (Lipinski definition) is 0. The first kappa shape index (κ1) is 23.3. The Morgan fingerprint density at radius 3 is 2.58 bits per heavy atom. The normalized spacial score (nSPS) is 12.2. The fraction of sp³-hybridized carbons (Fsp3) is 0.375. The highest BCUT2D eigenvalue weighted by molar-refractivity contribution is 7.99. The zero-order chi connectivity index (χ0) is 22.5. The van der Waals surface area contributed by atoms with Crippen LogP contribution in [0.15, 0.2) is 52.4 Å². The molecule has 0 saturated heterocycles. The molecule has 1 aromatic heterocycles. The first-order valence-corrected chi connectivity index (χ1v) is 12.1. The lowest BCUT2D eigenvalue weighted by Gasteiger charge is -2.07. The highest BCUT2D eigenvalue weighted by Crippen LogP contribution is 2.25. The van der Waals surface area contributed by atoms with E-state index in [1.54, 1.807) is 29.3 Å². The van der Waals surface area contributed by atoms with Crippen LogP contribution in [0.4, 0.5) is 0 Å². The van der Waals surface area contributed by atoms with Crippen LogP contribution in [-0.2, 0) is 16.1 Å². The molecular weight excluding hydrogens is 428 g/mol. The number of hydrogen-bond acceptors (Lipinski definition) is 5. The van der Waals surface area contributed by atoms with Crippen LogP contribution in [-0.4, -0.2) is 28.3 Å². The topological polar surface area (TPSA) is 60.7 Å². The third-order valence-electron chi connectivity index (χ3n) is 4.62. The number of rotatable bonds is 7. The molecule has 0 unspecified atom stereocenters. The largest absolute Gasteiger partial charge is 0.465 e. The molecule has 2 aromatic carbocycles. The number of thioether (sulfide) groups is 1. The van der Waals surface area contributed by atoms with Crippen LogP contribution in [0.25, 0.3) is 10.2 Å². The van der Waals surface area contributed by atoms with E-state index >= 15 is 0 Å². The van der Waals surface area contributed by atoms with Crippen molar-refractivity contribution in [1.82, 2.24) is 4.57 Å². The molecule has 0 atom stereocenters. The lowest BCUT2D eigenvalue weighted by atomic mass is 10.0. The number of nitrogens with zero attached hydrogens (tertiary/aromatic N) is 2. The number of amides is 1. The molecule has 164 valence electrons. The highest BCUT2D eigenvalue weighted by atomic mass is 32.2. The second-order valence-electron chi connectivity index (χ2n) is 7.77. The molecule has 0 N–H and O–H groups in total. The van der Waals surface area contributed by atoms with Gasteiger partial charge in [-0.05, 0) is 48.7 Å². The van der Waals surface area contributed by atoms with Gasteiger partial charge in [0.25, 0.3) is 5.91 Å². The van der Waals surface area contributed by atoms with Gasteiger partial charge in [0.15, 0.2) is 4.80 Å². The minimum atomic E-state index is -0.348. The standard InChI is InChI=1S/C24H28N2O3S2/c1-6-29-22(27)14-26-20-11-10-17(15(2)3)13-21(20)31-24(26)25-23(28)18-8-7-9-19(12-18)30-16(4)5/h7-13,15-16H,6,14H2,1-5H3. The molecule has 3 rings (SSSR count). The van der Waals surface area contributed by atoms with Crippen LogP contribution >= 0.6 is 23.1 Å². The molecule has 1 heterocycles. The van der Waals surface area contributed by atoms with Gasteiger partial charge >= 0.3 is 5.97 Å². The van der Waals surface area contributed by atoms with Crippen molar-refractivity contribution in [3.05, 3.63) is 58.4 Å². The van der Waals surface area contributed by atoms with Crippen molar-refractivity contribution in [2.24, 2.45) is 4.99 Å². The van der Waals surface area contributed by atoms with Gasteiger partial charge in [0.2, 0.25) is 0 Å². The summed E-state index contributed by atoms with van der Waals surface area (Å²) in [6.07, 6.45) is 0. The average Bonchev–Trinajstić information content (AvgIpc) is 3.04. The van der Waals surface area contributed by atoms with Crippen LogP contribution < -0.4 is 4.80 Å². The molecule has 5 nitrogen and oxygen atoms in total. The molecular formula is C24H28N2O3S2. The van der Waals surface area contributed by atoms with Crippen LogP contribution in [0.1, 0.15) is 56.5 Å². The quantitative estimate of drug-likeness (QED) is 0.341. The predicted octanol–water partition coefficient (Wildman–Crippen LogP) is 5.63. The summed E-state index contributed by atoms with van der Waals surface area (Å²) >= 11 is 3.12. The summed E-state index contributed by atoms with van der Waals surface area (Å²) in [7, 11) is 0. The Balaban J connectivity index is 2.07. The van der Waals surface area contributed by atoms with Gasteiger partial charge in [0, 0.05) is 15.7 Å². The van der Waals surface area contributed by atoms with Crippen LogP contribution in [0.2, 0.25) is 0 Å². The number of thiazole rings is 1. The summed E-state index contributed by atoms with van der Waals surface area (Å²) in [4.78, 5) is 31.1. The van der Waals surface area contributed by atoms with Crippen molar-refractivity contribution in [3.63, 3.8) is 0 Å². The number of ether oxygens (including phenoxy) is 1. The summed E-state index contributed by atoms with van der Waals surface area (Å²) in [5.74, 6) is -0.285. The van der Waals surface area contributed by atoms with E-state index in [4.69, 9.17) is 4.74 Å². The van der Waals surface area contributed by atoms with Crippen LogP contribution in [0.3, 0.4) is 0 Å². The molecule has 3 aromatic rings. The second kappa shape index (κ2) is 10.3. The Bertz CT molecular complexity index is 1160. The molecule has 0 fully saturated rings. The molecule has 0 saturated carbocycles. The van der Waals surface area contributed by atoms with Crippen molar-refractivity contribution in [1.29, 1.82) is 0 Å². The number of esters is 1. The van der Waals surface area contributed by atoms with Crippen molar-refractivity contribution >= 4 is 45.2 Å². The first-order chi connectivity index (χ1) is 14.8. The van der Waals surface area contributed by atoms with Gasteiger partial charge in [0.05, 0.1) is 16.8 Å². The average molecular weight is 457 g/mol. The second-order valence-corrected chi connectivity index (χ2v) is 10.4. The Morgan fingerprint density at radius 1 is 1.13 bits per heavy atom. The lowest BCUT2D eigenvalue weighted by molar-refractivity contribution is -0.143. The van der Waals surface area contributed by atoms with Crippen molar-refractivity contribution < 1.29 is 14.3 Å². The number of carbonyl (C=O) groups excluding carboxylic acids is 2. The number of benzene rings is 2. The number of carbonyl (C=O) groups is 2. The van der Waals surface area contributed by atoms with E-state index in [1.807, 2.05) is 24.3 Å². The SMILES string of the molecule is CCOC(=O)Cn1c(=NC(=O)c2cccc(SC(C)C)c2)sc2cc(C(C)C)ccc21.